The summed E-state index contributed by atoms with van der Waals surface area (Å²) >= 11 is 0. The van der Waals surface area contributed by atoms with Crippen molar-refractivity contribution in [3.8, 4) is 0 Å². The number of carbonyl (C=O) groups is 1. The van der Waals surface area contributed by atoms with Crippen LogP contribution in [0.3, 0.4) is 0 Å². The van der Waals surface area contributed by atoms with E-state index in [1.807, 2.05) is 6.92 Å². The van der Waals surface area contributed by atoms with Crippen molar-refractivity contribution in [3.05, 3.63) is 0 Å². The number of rotatable bonds is 1. The molecule has 0 aromatic rings. The van der Waals surface area contributed by atoms with Crippen molar-refractivity contribution in [3.63, 3.8) is 0 Å². The Balaban J connectivity index is 2.25. The van der Waals surface area contributed by atoms with Crippen molar-refractivity contribution in [2.45, 2.75) is 49.8 Å². The normalized spacial score (nSPS) is 42.9. The van der Waals surface area contributed by atoms with Gasteiger partial charge >= 0.3 is 5.97 Å². The molecule has 6 nitrogen and oxygen atoms in total. The Morgan fingerprint density at radius 1 is 1.39 bits per heavy atom. The van der Waals surface area contributed by atoms with Crippen LogP contribution in [-0.2, 0) is 24.1 Å². The molecule has 0 bridgehead atoms. The molecule has 2 heterocycles. The van der Waals surface area contributed by atoms with E-state index in [0.29, 0.717) is 6.42 Å². The van der Waals surface area contributed by atoms with Crippen molar-refractivity contribution in [1.82, 2.24) is 5.32 Å². The summed E-state index contributed by atoms with van der Waals surface area (Å²) < 4.78 is 34.7. The third-order valence-corrected chi connectivity index (χ3v) is 5.95. The number of ether oxygens (including phenoxy) is 2. The van der Waals surface area contributed by atoms with Gasteiger partial charge in [0.2, 0.25) is 0 Å². The number of fused-ring (bicyclic) bond motifs is 1. The monoisotopic (exact) mass is 277 g/mol. The van der Waals surface area contributed by atoms with E-state index in [1.165, 1.54) is 7.11 Å². The zero-order chi connectivity index (χ0) is 13.5. The maximum atomic E-state index is 12.2. The molecule has 2 saturated heterocycles. The molecule has 1 N–H and O–H groups in total. The second-order valence-corrected chi connectivity index (χ2v) is 7.23. The molecule has 2 fully saturated rings. The highest BCUT2D eigenvalue weighted by molar-refractivity contribution is 7.92. The molecule has 0 aromatic carbocycles. The van der Waals surface area contributed by atoms with Gasteiger partial charge in [0.25, 0.3) is 0 Å². The van der Waals surface area contributed by atoms with Crippen LogP contribution in [-0.4, -0.2) is 56.8 Å². The van der Waals surface area contributed by atoms with E-state index in [1.54, 1.807) is 6.92 Å². The maximum absolute atomic E-state index is 12.2. The van der Waals surface area contributed by atoms with Crippen molar-refractivity contribution in [2.24, 2.45) is 0 Å². The van der Waals surface area contributed by atoms with E-state index in [0.717, 1.165) is 0 Å². The van der Waals surface area contributed by atoms with Gasteiger partial charge in [-0.05, 0) is 20.3 Å². The van der Waals surface area contributed by atoms with E-state index < -0.39 is 27.1 Å². The molecule has 0 amide bonds. The molecule has 0 aromatic heterocycles. The van der Waals surface area contributed by atoms with Crippen LogP contribution in [0.1, 0.15) is 20.3 Å². The minimum absolute atomic E-state index is 0.0136. The van der Waals surface area contributed by atoms with E-state index >= 15 is 0 Å². The average molecular weight is 277 g/mol. The third kappa shape index (κ3) is 2.39. The fourth-order valence-corrected chi connectivity index (χ4v) is 5.21. The number of esters is 1. The average Bonchev–Trinajstić information content (AvgIpc) is 2.24. The first-order valence-corrected chi connectivity index (χ1v) is 7.77. The van der Waals surface area contributed by atoms with Gasteiger partial charge in [-0.1, -0.05) is 0 Å². The predicted octanol–water partition coefficient (Wildman–Crippen LogP) is -0.519. The van der Waals surface area contributed by atoms with Crippen LogP contribution in [0.15, 0.2) is 0 Å². The summed E-state index contributed by atoms with van der Waals surface area (Å²) in [4.78, 5) is 11.5. The Kier molecular flexibility index (Phi) is 3.66. The highest BCUT2D eigenvalue weighted by atomic mass is 32.2. The molecule has 0 spiro atoms. The Labute approximate surface area is 107 Å². The first-order chi connectivity index (χ1) is 8.35. The number of methoxy groups -OCH3 is 1. The summed E-state index contributed by atoms with van der Waals surface area (Å²) in [5.74, 6) is -0.744. The summed E-state index contributed by atoms with van der Waals surface area (Å²) in [6.45, 7) is 3.67. The summed E-state index contributed by atoms with van der Waals surface area (Å²) in [7, 11) is -2.09. The SMILES string of the molecule is COC(=O)C1CS(=O)(=O)C2C(CC(C)OC2C)N1. The van der Waals surface area contributed by atoms with Gasteiger partial charge in [-0.15, -0.1) is 0 Å². The smallest absolute Gasteiger partial charge is 0.323 e. The molecule has 2 aliphatic rings. The van der Waals surface area contributed by atoms with Gasteiger partial charge in [-0.25, -0.2) is 8.42 Å². The number of hydrogen-bond donors (Lipinski definition) is 1. The summed E-state index contributed by atoms with van der Waals surface area (Å²) in [6.07, 6.45) is 0.219. The Morgan fingerprint density at radius 2 is 2.06 bits per heavy atom. The van der Waals surface area contributed by atoms with Gasteiger partial charge in [0.05, 0.1) is 25.1 Å². The molecule has 0 saturated carbocycles. The molecule has 5 atom stereocenters. The zero-order valence-corrected chi connectivity index (χ0v) is 11.6. The van der Waals surface area contributed by atoms with Crippen molar-refractivity contribution in [2.75, 3.05) is 12.9 Å². The summed E-state index contributed by atoms with van der Waals surface area (Å²) in [5.41, 5.74) is 0. The van der Waals surface area contributed by atoms with Crippen molar-refractivity contribution in [1.29, 1.82) is 0 Å². The van der Waals surface area contributed by atoms with Crippen molar-refractivity contribution >= 4 is 15.8 Å². The molecule has 7 heteroatoms. The van der Waals surface area contributed by atoms with Gasteiger partial charge in [0.15, 0.2) is 9.84 Å². The van der Waals surface area contributed by atoms with Crippen LogP contribution in [0.5, 0.6) is 0 Å². The maximum Gasteiger partial charge on any atom is 0.323 e. The second-order valence-electron chi connectivity index (χ2n) is 5.03. The largest absolute Gasteiger partial charge is 0.468 e. The molecule has 0 radical (unpaired) electrons. The standard InChI is InChI=1S/C11H19NO5S/c1-6-4-8-10(7(2)17-6)18(14,15)5-9(12-8)11(13)16-3/h6-10,12H,4-5H2,1-3H3. The number of sulfone groups is 1. The van der Waals surface area contributed by atoms with E-state index in [2.05, 4.69) is 10.1 Å². The first kappa shape index (κ1) is 13.8. The van der Waals surface area contributed by atoms with E-state index in [9.17, 15) is 13.2 Å². The van der Waals surface area contributed by atoms with Crippen LogP contribution in [0.25, 0.3) is 0 Å². The Morgan fingerprint density at radius 3 is 2.67 bits per heavy atom. The van der Waals surface area contributed by atoms with Crippen molar-refractivity contribution < 1.29 is 22.7 Å². The number of nitrogens with one attached hydrogen (secondary N) is 1. The minimum atomic E-state index is -3.35. The molecule has 2 rings (SSSR count). The quantitative estimate of drug-likeness (QED) is 0.650. The third-order valence-electron chi connectivity index (χ3n) is 3.61. The lowest BCUT2D eigenvalue weighted by atomic mass is 9.98. The summed E-state index contributed by atoms with van der Waals surface area (Å²) in [5, 5.41) is 2.51. The van der Waals surface area contributed by atoms with Gasteiger partial charge in [-0.3, -0.25) is 10.1 Å². The summed E-state index contributed by atoms with van der Waals surface area (Å²) in [6, 6.07) is -1.01. The van der Waals surface area contributed by atoms with Crippen LogP contribution < -0.4 is 5.32 Å². The van der Waals surface area contributed by atoms with Crippen LogP contribution in [0.2, 0.25) is 0 Å². The van der Waals surface area contributed by atoms with Gasteiger partial charge in [0, 0.05) is 6.04 Å². The molecule has 0 aliphatic carbocycles. The fraction of sp³-hybridized carbons (Fsp3) is 0.909. The number of carbonyl (C=O) groups excluding carboxylic acids is 1. The Bertz CT molecular complexity index is 435. The second kappa shape index (κ2) is 4.79. The minimum Gasteiger partial charge on any atom is -0.468 e. The fourth-order valence-electron chi connectivity index (χ4n) is 2.95. The molecule has 18 heavy (non-hydrogen) atoms. The highest BCUT2D eigenvalue weighted by Crippen LogP contribution is 2.29. The molecule has 104 valence electrons. The van der Waals surface area contributed by atoms with Gasteiger partial charge in [-0.2, -0.15) is 0 Å². The topological polar surface area (TPSA) is 81.7 Å². The molecular formula is C11H19NO5S. The first-order valence-electron chi connectivity index (χ1n) is 6.06. The number of hydrogen-bond acceptors (Lipinski definition) is 6. The van der Waals surface area contributed by atoms with Gasteiger partial charge in [0.1, 0.15) is 11.3 Å². The lowest BCUT2D eigenvalue weighted by Gasteiger charge is -2.44. The zero-order valence-electron chi connectivity index (χ0n) is 10.8. The highest BCUT2D eigenvalue weighted by Gasteiger charge is 2.49. The Hall–Kier alpha value is -0.660. The van der Waals surface area contributed by atoms with E-state index in [-0.39, 0.29) is 24.0 Å². The predicted molar refractivity (Wildman–Crippen MR) is 64.9 cm³/mol. The molecule has 2 aliphatic heterocycles. The van der Waals surface area contributed by atoms with Crippen LogP contribution >= 0.6 is 0 Å². The lowest BCUT2D eigenvalue weighted by Crippen LogP contribution is -2.66. The van der Waals surface area contributed by atoms with Crippen LogP contribution in [0.4, 0.5) is 0 Å². The molecular weight excluding hydrogens is 258 g/mol. The van der Waals surface area contributed by atoms with E-state index in [4.69, 9.17) is 4.74 Å². The molecule has 5 unspecified atom stereocenters. The van der Waals surface area contributed by atoms with Gasteiger partial charge < -0.3 is 9.47 Å². The lowest BCUT2D eigenvalue weighted by molar-refractivity contribution is -0.143. The van der Waals surface area contributed by atoms with Crippen LogP contribution in [0, 0.1) is 0 Å².